The third kappa shape index (κ3) is 5.85. The Labute approximate surface area is 191 Å². The molecule has 10 heteroatoms. The molecule has 3 heterocycles. The highest BCUT2D eigenvalue weighted by molar-refractivity contribution is 5.62. The fourth-order valence-electron chi connectivity index (χ4n) is 4.25. The molecule has 2 aliphatic rings. The lowest BCUT2D eigenvalue weighted by atomic mass is 10.1. The summed E-state index contributed by atoms with van der Waals surface area (Å²) in [5.74, 6) is 0.0835. The van der Waals surface area contributed by atoms with E-state index in [0.717, 1.165) is 17.5 Å². The van der Waals surface area contributed by atoms with Gasteiger partial charge < -0.3 is 15.0 Å². The summed E-state index contributed by atoms with van der Waals surface area (Å²) < 4.78 is 58.6. The SMILES string of the molecule is CC(C)Nc1nc2c(nc1N1CCC(Oc3ccc(F)cc3F)CC1)CN(CC(F)F)CC2. The van der Waals surface area contributed by atoms with Gasteiger partial charge in [-0.15, -0.1) is 0 Å². The molecular formula is C23H29F4N5O. The van der Waals surface area contributed by atoms with Crippen molar-refractivity contribution in [1.29, 1.82) is 0 Å². The minimum atomic E-state index is -2.38. The van der Waals surface area contributed by atoms with E-state index in [0.29, 0.717) is 57.1 Å². The molecule has 1 saturated heterocycles. The molecule has 4 rings (SSSR count). The van der Waals surface area contributed by atoms with Crippen molar-refractivity contribution in [3.8, 4) is 5.75 Å². The number of nitrogens with zero attached hydrogens (tertiary/aromatic N) is 4. The molecule has 1 aromatic carbocycles. The van der Waals surface area contributed by atoms with Gasteiger partial charge in [-0.3, -0.25) is 4.90 Å². The molecule has 2 aliphatic heterocycles. The van der Waals surface area contributed by atoms with Crippen LogP contribution in [0.2, 0.25) is 0 Å². The van der Waals surface area contributed by atoms with Gasteiger partial charge in [-0.2, -0.15) is 0 Å². The van der Waals surface area contributed by atoms with Crippen LogP contribution in [-0.2, 0) is 13.0 Å². The molecule has 1 aromatic heterocycles. The maximum atomic E-state index is 13.9. The number of benzene rings is 1. The Morgan fingerprint density at radius 2 is 1.85 bits per heavy atom. The van der Waals surface area contributed by atoms with E-state index in [9.17, 15) is 17.6 Å². The first kappa shape index (κ1) is 23.5. The van der Waals surface area contributed by atoms with Crippen molar-refractivity contribution >= 4 is 11.6 Å². The third-order valence-electron chi connectivity index (χ3n) is 5.82. The second-order valence-electron chi connectivity index (χ2n) is 8.84. The van der Waals surface area contributed by atoms with Crippen molar-refractivity contribution in [2.75, 3.05) is 36.4 Å². The Hall–Kier alpha value is -2.62. The van der Waals surface area contributed by atoms with Gasteiger partial charge in [-0.25, -0.2) is 27.5 Å². The number of halogens is 4. The summed E-state index contributed by atoms with van der Waals surface area (Å²) in [5.41, 5.74) is 1.58. The Bertz CT molecular complexity index is 966. The second kappa shape index (κ2) is 10.1. The summed E-state index contributed by atoms with van der Waals surface area (Å²) in [6.45, 7) is 5.90. The van der Waals surface area contributed by atoms with Crippen LogP contribution in [0.25, 0.3) is 0 Å². The number of alkyl halides is 2. The molecule has 0 saturated carbocycles. The van der Waals surface area contributed by atoms with Crippen LogP contribution in [0.3, 0.4) is 0 Å². The summed E-state index contributed by atoms with van der Waals surface area (Å²) in [7, 11) is 0. The molecule has 0 amide bonds. The summed E-state index contributed by atoms with van der Waals surface area (Å²) in [5, 5.41) is 3.36. The average Bonchev–Trinajstić information content (AvgIpc) is 2.75. The molecule has 0 atom stereocenters. The number of anilines is 2. The van der Waals surface area contributed by atoms with E-state index in [1.807, 2.05) is 13.8 Å². The number of fused-ring (bicyclic) bond motifs is 1. The first-order valence-corrected chi connectivity index (χ1v) is 11.3. The Morgan fingerprint density at radius 1 is 1.09 bits per heavy atom. The standard InChI is InChI=1S/C23H29F4N5O/c1-14(2)28-22-23(30-19-12-31(13-21(26)27)8-7-18(19)29-22)32-9-5-16(6-10-32)33-20-4-3-15(24)11-17(20)25/h3-4,11,14,16,21H,5-10,12-13H2,1-2H3,(H,28,29). The Kier molecular flexibility index (Phi) is 7.21. The van der Waals surface area contributed by atoms with Crippen molar-refractivity contribution in [3.63, 3.8) is 0 Å². The fraction of sp³-hybridized carbons (Fsp3) is 0.565. The Balaban J connectivity index is 1.48. The highest BCUT2D eigenvalue weighted by Gasteiger charge is 2.28. The maximum absolute atomic E-state index is 13.9. The van der Waals surface area contributed by atoms with E-state index in [2.05, 4.69) is 10.2 Å². The molecule has 0 radical (unpaired) electrons. The first-order chi connectivity index (χ1) is 15.8. The van der Waals surface area contributed by atoms with E-state index in [-0.39, 0.29) is 24.4 Å². The number of nitrogens with one attached hydrogen (secondary N) is 1. The average molecular weight is 468 g/mol. The van der Waals surface area contributed by atoms with Gasteiger partial charge in [0.05, 0.1) is 17.9 Å². The van der Waals surface area contributed by atoms with Crippen molar-refractivity contribution < 1.29 is 22.3 Å². The van der Waals surface area contributed by atoms with E-state index in [1.165, 1.54) is 12.1 Å². The minimum Gasteiger partial charge on any atom is -0.487 e. The van der Waals surface area contributed by atoms with Crippen LogP contribution in [0.5, 0.6) is 5.75 Å². The minimum absolute atomic E-state index is 0.0460. The molecule has 1 fully saturated rings. The van der Waals surface area contributed by atoms with Crippen LogP contribution in [0.15, 0.2) is 18.2 Å². The summed E-state index contributed by atoms with van der Waals surface area (Å²) in [6, 6.07) is 3.45. The van der Waals surface area contributed by atoms with Crippen LogP contribution in [0, 0.1) is 11.6 Å². The number of ether oxygens (including phenoxy) is 1. The molecule has 0 aliphatic carbocycles. The summed E-state index contributed by atoms with van der Waals surface area (Å²) >= 11 is 0. The van der Waals surface area contributed by atoms with E-state index >= 15 is 0 Å². The van der Waals surface area contributed by atoms with E-state index in [4.69, 9.17) is 14.7 Å². The van der Waals surface area contributed by atoms with Crippen molar-refractivity contribution in [3.05, 3.63) is 41.2 Å². The zero-order valence-electron chi connectivity index (χ0n) is 18.8. The number of rotatable bonds is 7. The number of hydrogen-bond donors (Lipinski definition) is 1. The Morgan fingerprint density at radius 3 is 2.52 bits per heavy atom. The molecule has 0 bridgehead atoms. The molecule has 1 N–H and O–H groups in total. The van der Waals surface area contributed by atoms with Crippen molar-refractivity contribution in [2.24, 2.45) is 0 Å². The smallest absolute Gasteiger partial charge is 0.251 e. The quantitative estimate of drug-likeness (QED) is 0.615. The molecule has 2 aromatic rings. The van der Waals surface area contributed by atoms with Crippen LogP contribution in [0.4, 0.5) is 29.2 Å². The van der Waals surface area contributed by atoms with Gasteiger partial charge in [0.15, 0.2) is 23.2 Å². The second-order valence-corrected chi connectivity index (χ2v) is 8.84. The molecule has 180 valence electrons. The van der Waals surface area contributed by atoms with Gasteiger partial charge in [-0.05, 0) is 26.0 Å². The monoisotopic (exact) mass is 467 g/mol. The predicted octanol–water partition coefficient (Wildman–Crippen LogP) is 4.25. The third-order valence-corrected chi connectivity index (χ3v) is 5.82. The summed E-state index contributed by atoms with van der Waals surface area (Å²) in [6.07, 6.45) is -0.732. The molecule has 33 heavy (non-hydrogen) atoms. The first-order valence-electron chi connectivity index (χ1n) is 11.3. The maximum Gasteiger partial charge on any atom is 0.251 e. The lowest BCUT2D eigenvalue weighted by molar-refractivity contribution is 0.0809. The number of piperidine rings is 1. The van der Waals surface area contributed by atoms with Gasteiger partial charge in [-0.1, -0.05) is 0 Å². The molecular weight excluding hydrogens is 438 g/mol. The van der Waals surface area contributed by atoms with Crippen LogP contribution in [-0.4, -0.2) is 59.6 Å². The van der Waals surface area contributed by atoms with Gasteiger partial charge >= 0.3 is 0 Å². The number of aromatic nitrogens is 2. The highest BCUT2D eigenvalue weighted by Crippen LogP contribution is 2.30. The van der Waals surface area contributed by atoms with Crippen LogP contribution in [0.1, 0.15) is 38.1 Å². The predicted molar refractivity (Wildman–Crippen MR) is 118 cm³/mol. The zero-order valence-corrected chi connectivity index (χ0v) is 18.8. The molecule has 0 unspecified atom stereocenters. The lowest BCUT2D eigenvalue weighted by Gasteiger charge is -2.35. The van der Waals surface area contributed by atoms with Crippen LogP contribution >= 0.6 is 0 Å². The lowest BCUT2D eigenvalue weighted by Crippen LogP contribution is -2.40. The zero-order chi connectivity index (χ0) is 23.5. The van der Waals surface area contributed by atoms with Crippen LogP contribution < -0.4 is 15.0 Å². The van der Waals surface area contributed by atoms with Gasteiger partial charge in [0.25, 0.3) is 6.43 Å². The molecule has 0 spiro atoms. The summed E-state index contributed by atoms with van der Waals surface area (Å²) in [4.78, 5) is 13.5. The van der Waals surface area contributed by atoms with Crippen molar-refractivity contribution in [2.45, 2.75) is 58.2 Å². The normalized spacial score (nSPS) is 17.5. The fourth-order valence-corrected chi connectivity index (χ4v) is 4.25. The van der Waals surface area contributed by atoms with Gasteiger partial charge in [0, 0.05) is 57.5 Å². The van der Waals surface area contributed by atoms with Gasteiger partial charge in [0.1, 0.15) is 11.9 Å². The topological polar surface area (TPSA) is 53.5 Å². The van der Waals surface area contributed by atoms with Gasteiger partial charge in [0.2, 0.25) is 0 Å². The van der Waals surface area contributed by atoms with E-state index < -0.39 is 18.1 Å². The highest BCUT2D eigenvalue weighted by atomic mass is 19.3. The molecule has 6 nitrogen and oxygen atoms in total. The van der Waals surface area contributed by atoms with E-state index in [1.54, 1.807) is 4.90 Å². The number of hydrogen-bond acceptors (Lipinski definition) is 6. The van der Waals surface area contributed by atoms with Crippen molar-refractivity contribution in [1.82, 2.24) is 14.9 Å². The largest absolute Gasteiger partial charge is 0.487 e.